The highest BCUT2D eigenvalue weighted by Crippen LogP contribution is 2.46. The molecule has 0 saturated carbocycles. The molecule has 2 fully saturated rings. The average molecular weight is 344 g/mol. The molecule has 1 aromatic carbocycles. The van der Waals surface area contributed by atoms with Crippen LogP contribution in [0.3, 0.4) is 0 Å². The molecule has 0 N–H and O–H groups in total. The Labute approximate surface area is 149 Å². The second-order valence-corrected chi connectivity index (χ2v) is 7.61. The third-order valence-electron chi connectivity index (χ3n) is 5.74. The number of carbonyl (C=O) groups excluding carboxylic acids is 2. The number of para-hydroxylation sites is 1. The summed E-state index contributed by atoms with van der Waals surface area (Å²) in [6.07, 6.45) is 1.71. The molecule has 1 aromatic rings. The summed E-state index contributed by atoms with van der Waals surface area (Å²) in [4.78, 5) is 29.2. The number of anilines is 1. The van der Waals surface area contributed by atoms with Crippen LogP contribution < -0.4 is 4.90 Å². The molecule has 2 saturated heterocycles. The lowest BCUT2D eigenvalue weighted by atomic mass is 9.71. The summed E-state index contributed by atoms with van der Waals surface area (Å²) in [5, 5.41) is 0. The zero-order chi connectivity index (χ0) is 18.0. The smallest absolute Gasteiger partial charge is 0.233 e. The number of benzene rings is 1. The molecule has 0 unspecified atom stereocenters. The summed E-state index contributed by atoms with van der Waals surface area (Å²) in [6, 6.07) is 9.85. The molecular formula is C20H28N2O3. The van der Waals surface area contributed by atoms with Gasteiger partial charge in [0, 0.05) is 43.8 Å². The van der Waals surface area contributed by atoms with Crippen LogP contribution >= 0.6 is 0 Å². The van der Waals surface area contributed by atoms with E-state index in [1.54, 1.807) is 7.11 Å². The Bertz CT molecular complexity index is 621. The minimum Gasteiger partial charge on any atom is -0.384 e. The van der Waals surface area contributed by atoms with Gasteiger partial charge in [0.1, 0.15) is 0 Å². The number of hydrogen-bond donors (Lipinski definition) is 0. The Morgan fingerprint density at radius 2 is 1.88 bits per heavy atom. The van der Waals surface area contributed by atoms with Gasteiger partial charge in [0.15, 0.2) is 0 Å². The first-order chi connectivity index (χ1) is 12.0. The van der Waals surface area contributed by atoms with Crippen LogP contribution in [0, 0.1) is 17.3 Å². The van der Waals surface area contributed by atoms with Gasteiger partial charge in [0.05, 0.1) is 12.5 Å². The van der Waals surface area contributed by atoms with Crippen molar-refractivity contribution < 1.29 is 14.3 Å². The summed E-state index contributed by atoms with van der Waals surface area (Å²) in [5.41, 5.74) is 0.850. The minimum atomic E-state index is -0.131. The van der Waals surface area contributed by atoms with Crippen molar-refractivity contribution in [2.24, 2.45) is 17.3 Å². The van der Waals surface area contributed by atoms with E-state index in [4.69, 9.17) is 4.74 Å². The van der Waals surface area contributed by atoms with Crippen LogP contribution in [0.5, 0.6) is 0 Å². The van der Waals surface area contributed by atoms with Crippen molar-refractivity contribution in [3.63, 3.8) is 0 Å². The molecule has 2 heterocycles. The van der Waals surface area contributed by atoms with Crippen LogP contribution in [0.2, 0.25) is 0 Å². The van der Waals surface area contributed by atoms with Gasteiger partial charge in [-0.2, -0.15) is 0 Å². The molecule has 1 atom stereocenters. The molecule has 0 aromatic heterocycles. The Morgan fingerprint density at radius 3 is 2.44 bits per heavy atom. The first-order valence-corrected chi connectivity index (χ1v) is 9.12. The standard InChI is InChI=1S/C20H28N2O3/c1-15(2)18(23)21-11-9-20(10-12-21)14-22(16-7-5-4-6-8-16)19(24)17(20)13-25-3/h4-8,15,17H,9-14H2,1-3H3/t17-/m0/s1. The molecule has 1 spiro atoms. The molecule has 2 amide bonds. The van der Waals surface area contributed by atoms with E-state index in [0.29, 0.717) is 13.2 Å². The van der Waals surface area contributed by atoms with Crippen LogP contribution in [0.4, 0.5) is 5.69 Å². The van der Waals surface area contributed by atoms with Crippen molar-refractivity contribution in [2.75, 3.05) is 38.3 Å². The Balaban J connectivity index is 1.80. The highest BCUT2D eigenvalue weighted by molar-refractivity contribution is 5.98. The van der Waals surface area contributed by atoms with E-state index in [9.17, 15) is 9.59 Å². The van der Waals surface area contributed by atoms with Gasteiger partial charge in [0.25, 0.3) is 0 Å². The van der Waals surface area contributed by atoms with Gasteiger partial charge in [-0.05, 0) is 25.0 Å². The predicted octanol–water partition coefficient (Wildman–Crippen LogP) is 2.56. The summed E-state index contributed by atoms with van der Waals surface area (Å²) in [5.74, 6) is 0.253. The fourth-order valence-electron chi connectivity index (χ4n) is 4.24. The number of amides is 2. The molecule has 3 rings (SSSR count). The molecule has 5 nitrogen and oxygen atoms in total. The summed E-state index contributed by atoms with van der Waals surface area (Å²) >= 11 is 0. The van der Waals surface area contributed by atoms with Gasteiger partial charge in [0.2, 0.25) is 11.8 Å². The third-order valence-corrected chi connectivity index (χ3v) is 5.74. The zero-order valence-corrected chi connectivity index (χ0v) is 15.4. The molecule has 5 heteroatoms. The highest BCUT2D eigenvalue weighted by atomic mass is 16.5. The minimum absolute atomic E-state index is 0.0230. The zero-order valence-electron chi connectivity index (χ0n) is 15.4. The van der Waals surface area contributed by atoms with E-state index in [-0.39, 0.29) is 29.1 Å². The van der Waals surface area contributed by atoms with Crippen molar-refractivity contribution in [2.45, 2.75) is 26.7 Å². The molecule has 25 heavy (non-hydrogen) atoms. The van der Waals surface area contributed by atoms with E-state index in [0.717, 1.165) is 31.6 Å². The summed E-state index contributed by atoms with van der Waals surface area (Å²) in [6.45, 7) is 6.50. The van der Waals surface area contributed by atoms with Gasteiger partial charge in [-0.1, -0.05) is 32.0 Å². The largest absolute Gasteiger partial charge is 0.384 e. The van der Waals surface area contributed by atoms with Crippen LogP contribution in [0.1, 0.15) is 26.7 Å². The van der Waals surface area contributed by atoms with Crippen molar-refractivity contribution >= 4 is 17.5 Å². The van der Waals surface area contributed by atoms with Crippen molar-refractivity contribution in [3.8, 4) is 0 Å². The van der Waals surface area contributed by atoms with E-state index in [2.05, 4.69) is 0 Å². The lowest BCUT2D eigenvalue weighted by molar-refractivity contribution is -0.137. The average Bonchev–Trinajstić information content (AvgIpc) is 2.89. The lowest BCUT2D eigenvalue weighted by Gasteiger charge is -2.42. The first-order valence-electron chi connectivity index (χ1n) is 9.12. The Kier molecular flexibility index (Phi) is 5.13. The van der Waals surface area contributed by atoms with Crippen molar-refractivity contribution in [3.05, 3.63) is 30.3 Å². The van der Waals surface area contributed by atoms with Gasteiger partial charge in [-0.15, -0.1) is 0 Å². The molecular weight excluding hydrogens is 316 g/mol. The van der Waals surface area contributed by atoms with E-state index in [1.165, 1.54) is 0 Å². The van der Waals surface area contributed by atoms with Gasteiger partial charge >= 0.3 is 0 Å². The number of likely N-dealkylation sites (tertiary alicyclic amines) is 1. The maximum absolute atomic E-state index is 13.1. The number of hydrogen-bond acceptors (Lipinski definition) is 3. The number of methoxy groups -OCH3 is 1. The van der Waals surface area contributed by atoms with E-state index >= 15 is 0 Å². The maximum Gasteiger partial charge on any atom is 0.233 e. The van der Waals surface area contributed by atoms with E-state index < -0.39 is 0 Å². The first kappa shape index (κ1) is 17.9. The van der Waals surface area contributed by atoms with E-state index in [1.807, 2.05) is 54.0 Å². The number of nitrogens with zero attached hydrogens (tertiary/aromatic N) is 2. The number of rotatable bonds is 4. The summed E-state index contributed by atoms with van der Waals surface area (Å²) < 4.78 is 5.39. The Morgan fingerprint density at radius 1 is 1.24 bits per heavy atom. The van der Waals surface area contributed by atoms with Crippen LogP contribution in [-0.2, 0) is 14.3 Å². The molecule has 0 bridgehead atoms. The van der Waals surface area contributed by atoms with Crippen LogP contribution in [0.15, 0.2) is 30.3 Å². The van der Waals surface area contributed by atoms with Gasteiger partial charge < -0.3 is 14.5 Å². The van der Waals surface area contributed by atoms with Crippen LogP contribution in [0.25, 0.3) is 0 Å². The number of carbonyl (C=O) groups is 2. The fourth-order valence-corrected chi connectivity index (χ4v) is 4.24. The van der Waals surface area contributed by atoms with Gasteiger partial charge in [-0.3, -0.25) is 9.59 Å². The fraction of sp³-hybridized carbons (Fsp3) is 0.600. The monoisotopic (exact) mass is 344 g/mol. The maximum atomic E-state index is 13.1. The predicted molar refractivity (Wildman–Crippen MR) is 97.2 cm³/mol. The SMILES string of the molecule is COC[C@H]1C(=O)N(c2ccccc2)CC12CCN(C(=O)C(C)C)CC2. The van der Waals surface area contributed by atoms with Crippen LogP contribution in [-0.4, -0.2) is 50.1 Å². The van der Waals surface area contributed by atoms with Gasteiger partial charge in [-0.25, -0.2) is 0 Å². The Hall–Kier alpha value is -1.88. The second-order valence-electron chi connectivity index (χ2n) is 7.61. The molecule has 2 aliphatic rings. The third kappa shape index (κ3) is 3.30. The molecule has 0 radical (unpaired) electrons. The molecule has 0 aliphatic carbocycles. The molecule has 136 valence electrons. The normalized spacial score (nSPS) is 22.9. The number of ether oxygens (including phenoxy) is 1. The summed E-state index contributed by atoms with van der Waals surface area (Å²) in [7, 11) is 1.66. The highest BCUT2D eigenvalue weighted by Gasteiger charge is 2.53. The quantitative estimate of drug-likeness (QED) is 0.843. The second kappa shape index (κ2) is 7.16. The van der Waals surface area contributed by atoms with Crippen molar-refractivity contribution in [1.82, 2.24) is 4.90 Å². The van der Waals surface area contributed by atoms with Crippen molar-refractivity contribution in [1.29, 1.82) is 0 Å². The molecule has 2 aliphatic heterocycles. The number of piperidine rings is 1. The lowest BCUT2D eigenvalue weighted by Crippen LogP contribution is -2.48. The topological polar surface area (TPSA) is 49.9 Å².